The van der Waals surface area contributed by atoms with Crippen LogP contribution in [0.25, 0.3) is 16.9 Å². The predicted octanol–water partition coefficient (Wildman–Crippen LogP) is 0.978. The Hall–Kier alpha value is -3.96. The van der Waals surface area contributed by atoms with Crippen LogP contribution in [0.3, 0.4) is 0 Å². The Morgan fingerprint density at radius 3 is 2.80 bits per heavy atom. The van der Waals surface area contributed by atoms with E-state index in [9.17, 15) is 14.7 Å². The van der Waals surface area contributed by atoms with Crippen molar-refractivity contribution in [3.05, 3.63) is 66.4 Å². The van der Waals surface area contributed by atoms with Crippen molar-refractivity contribution in [2.45, 2.75) is 12.0 Å². The van der Waals surface area contributed by atoms with Crippen molar-refractivity contribution in [1.29, 1.82) is 0 Å². The Labute approximate surface area is 173 Å². The molecule has 3 N–H and O–H groups in total. The van der Waals surface area contributed by atoms with Gasteiger partial charge >= 0.3 is 0 Å². The molecule has 0 bridgehead atoms. The Morgan fingerprint density at radius 2 is 2.13 bits per heavy atom. The fourth-order valence-corrected chi connectivity index (χ4v) is 3.25. The monoisotopic (exact) mass is 401 g/mol. The Bertz CT molecular complexity index is 1190. The minimum absolute atomic E-state index is 0.126. The second-order valence-electron chi connectivity index (χ2n) is 7.10. The summed E-state index contributed by atoms with van der Waals surface area (Å²) in [5.74, 6) is 4.55. The van der Waals surface area contributed by atoms with Crippen molar-refractivity contribution in [3.8, 4) is 28.8 Å². The van der Waals surface area contributed by atoms with Crippen LogP contribution in [-0.2, 0) is 4.79 Å². The summed E-state index contributed by atoms with van der Waals surface area (Å²) in [4.78, 5) is 33.7. The van der Waals surface area contributed by atoms with Crippen LogP contribution in [-0.4, -0.2) is 55.5 Å². The number of hydrogen-bond acceptors (Lipinski definition) is 5. The number of carbonyl (C=O) groups is 2. The molecule has 4 rings (SSSR count). The van der Waals surface area contributed by atoms with E-state index in [-0.39, 0.29) is 12.1 Å². The number of benzene rings is 1. The van der Waals surface area contributed by atoms with Gasteiger partial charge in [-0.1, -0.05) is 24.0 Å². The van der Waals surface area contributed by atoms with Crippen molar-refractivity contribution in [3.63, 3.8) is 0 Å². The summed E-state index contributed by atoms with van der Waals surface area (Å²) < 4.78 is 1.75. The molecule has 0 aliphatic carbocycles. The molecule has 3 aromatic rings. The van der Waals surface area contributed by atoms with E-state index in [1.807, 2.05) is 12.1 Å². The minimum atomic E-state index is -1.66. The summed E-state index contributed by atoms with van der Waals surface area (Å²) in [6, 6.07) is 10.6. The molecular weight excluding hydrogens is 382 g/mol. The highest BCUT2D eigenvalue weighted by Gasteiger charge is 2.42. The lowest BCUT2D eigenvalue weighted by molar-refractivity contribution is -0.137. The maximum atomic E-state index is 12.1. The molecule has 0 unspecified atom stereocenters. The molecule has 1 aliphatic rings. The highest BCUT2D eigenvalue weighted by molar-refractivity contribution is 5.92. The first-order valence-corrected chi connectivity index (χ1v) is 9.27. The molecule has 8 heteroatoms. The number of imidazole rings is 1. The summed E-state index contributed by atoms with van der Waals surface area (Å²) in [7, 11) is 1.64. The molecule has 0 saturated carbocycles. The molecular formula is C22H19N5O3. The standard InChI is InChI=1S/C22H19N5O3/c1-26-9-7-22(30,21(26)29)6-5-15-3-2-4-16(11-15)18-12-17(27-10-8-24-14-27)13-19(25-18)20(23)28/h2-4,8,10-14,30H,7,9H2,1H3,(H2,23,28)/t22-/m0/s1. The lowest BCUT2D eigenvalue weighted by Crippen LogP contribution is -2.37. The van der Waals surface area contributed by atoms with E-state index in [0.29, 0.717) is 29.1 Å². The largest absolute Gasteiger partial charge is 0.369 e. The number of nitrogens with zero attached hydrogens (tertiary/aromatic N) is 4. The topological polar surface area (TPSA) is 114 Å². The van der Waals surface area contributed by atoms with Gasteiger partial charge in [-0.25, -0.2) is 9.97 Å². The first-order chi connectivity index (χ1) is 14.4. The Morgan fingerprint density at radius 1 is 1.30 bits per heavy atom. The molecule has 8 nitrogen and oxygen atoms in total. The van der Waals surface area contributed by atoms with E-state index >= 15 is 0 Å². The quantitative estimate of drug-likeness (QED) is 0.635. The van der Waals surface area contributed by atoms with Crippen LogP contribution in [0.2, 0.25) is 0 Å². The number of nitrogens with two attached hydrogens (primary N) is 1. The van der Waals surface area contributed by atoms with Crippen LogP contribution in [0.5, 0.6) is 0 Å². The maximum Gasteiger partial charge on any atom is 0.267 e. The lowest BCUT2D eigenvalue weighted by atomic mass is 10.0. The minimum Gasteiger partial charge on any atom is -0.369 e. The summed E-state index contributed by atoms with van der Waals surface area (Å²) in [5, 5.41) is 10.5. The third kappa shape index (κ3) is 3.66. The molecule has 150 valence electrons. The van der Waals surface area contributed by atoms with Crippen LogP contribution in [0, 0.1) is 11.8 Å². The van der Waals surface area contributed by atoms with Crippen LogP contribution in [0.15, 0.2) is 55.1 Å². The Balaban J connectivity index is 1.72. The van der Waals surface area contributed by atoms with Gasteiger partial charge in [0, 0.05) is 43.5 Å². The number of pyridine rings is 1. The number of aromatic nitrogens is 3. The van der Waals surface area contributed by atoms with Crippen LogP contribution in [0.4, 0.5) is 0 Å². The van der Waals surface area contributed by atoms with Gasteiger partial charge in [0.25, 0.3) is 11.8 Å². The maximum absolute atomic E-state index is 12.1. The van der Waals surface area contributed by atoms with Gasteiger partial charge in [0.2, 0.25) is 5.60 Å². The van der Waals surface area contributed by atoms with Gasteiger partial charge in [-0.2, -0.15) is 0 Å². The van der Waals surface area contributed by atoms with E-state index in [0.717, 1.165) is 0 Å². The molecule has 1 fully saturated rings. The first kappa shape index (κ1) is 19.4. The fraction of sp³-hybridized carbons (Fsp3) is 0.182. The van der Waals surface area contributed by atoms with Gasteiger partial charge in [-0.3, -0.25) is 9.59 Å². The van der Waals surface area contributed by atoms with Gasteiger partial charge in [-0.05, 0) is 24.3 Å². The molecule has 3 heterocycles. The molecule has 0 radical (unpaired) electrons. The Kier molecular flexibility index (Phi) is 4.82. The molecule has 0 spiro atoms. The molecule has 1 aromatic carbocycles. The third-order valence-corrected chi connectivity index (χ3v) is 4.95. The van der Waals surface area contributed by atoms with Crippen molar-refractivity contribution in [2.75, 3.05) is 13.6 Å². The average molecular weight is 401 g/mol. The number of hydrogen-bond donors (Lipinski definition) is 2. The predicted molar refractivity (Wildman–Crippen MR) is 109 cm³/mol. The van der Waals surface area contributed by atoms with Gasteiger partial charge in [-0.15, -0.1) is 0 Å². The molecule has 2 aromatic heterocycles. The number of rotatable bonds is 3. The highest BCUT2D eigenvalue weighted by atomic mass is 16.3. The third-order valence-electron chi connectivity index (χ3n) is 4.95. The summed E-state index contributed by atoms with van der Waals surface area (Å²) in [5.41, 5.74) is 6.47. The molecule has 2 amide bonds. The van der Waals surface area contributed by atoms with Crippen LogP contribution < -0.4 is 5.73 Å². The SMILES string of the molecule is CN1CC[C@@](O)(C#Cc2cccc(-c3cc(-n4ccnc4)cc(C(N)=O)n3)c2)C1=O. The highest BCUT2D eigenvalue weighted by Crippen LogP contribution is 2.24. The lowest BCUT2D eigenvalue weighted by Gasteiger charge is -2.13. The number of aliphatic hydroxyl groups is 1. The van der Waals surface area contributed by atoms with Gasteiger partial charge in [0.15, 0.2) is 0 Å². The smallest absolute Gasteiger partial charge is 0.267 e. The molecule has 1 aliphatic heterocycles. The average Bonchev–Trinajstić information content (AvgIpc) is 3.38. The number of amides is 2. The summed E-state index contributed by atoms with van der Waals surface area (Å²) in [6.45, 7) is 0.463. The van der Waals surface area contributed by atoms with E-state index < -0.39 is 17.4 Å². The van der Waals surface area contributed by atoms with Gasteiger partial charge < -0.3 is 20.3 Å². The second-order valence-corrected chi connectivity index (χ2v) is 7.10. The van der Waals surface area contributed by atoms with Crippen LogP contribution in [0.1, 0.15) is 22.5 Å². The van der Waals surface area contributed by atoms with E-state index in [1.54, 1.807) is 54.6 Å². The fourth-order valence-electron chi connectivity index (χ4n) is 3.25. The number of carbonyl (C=O) groups excluding carboxylic acids is 2. The normalized spacial score (nSPS) is 18.2. The number of primary amides is 1. The van der Waals surface area contributed by atoms with E-state index in [4.69, 9.17) is 5.73 Å². The zero-order valence-corrected chi connectivity index (χ0v) is 16.2. The van der Waals surface area contributed by atoms with E-state index in [1.165, 1.54) is 4.90 Å². The zero-order valence-electron chi connectivity index (χ0n) is 16.2. The number of likely N-dealkylation sites (tertiary alicyclic amines) is 1. The second kappa shape index (κ2) is 7.46. The molecule has 1 saturated heterocycles. The molecule has 30 heavy (non-hydrogen) atoms. The van der Waals surface area contributed by atoms with Gasteiger partial charge in [0.05, 0.1) is 17.7 Å². The van der Waals surface area contributed by atoms with Crippen molar-refractivity contribution >= 4 is 11.8 Å². The number of likely N-dealkylation sites (N-methyl/N-ethyl adjacent to an activating group) is 1. The van der Waals surface area contributed by atoms with Gasteiger partial charge in [0.1, 0.15) is 5.69 Å². The van der Waals surface area contributed by atoms with Crippen molar-refractivity contribution < 1.29 is 14.7 Å². The zero-order chi connectivity index (χ0) is 21.3. The van der Waals surface area contributed by atoms with Crippen molar-refractivity contribution in [1.82, 2.24) is 19.4 Å². The summed E-state index contributed by atoms with van der Waals surface area (Å²) >= 11 is 0. The first-order valence-electron chi connectivity index (χ1n) is 9.27. The van der Waals surface area contributed by atoms with Crippen LogP contribution >= 0.6 is 0 Å². The summed E-state index contributed by atoms with van der Waals surface area (Å²) in [6.07, 6.45) is 5.27. The van der Waals surface area contributed by atoms with Crippen molar-refractivity contribution in [2.24, 2.45) is 5.73 Å². The molecule has 1 atom stereocenters. The van der Waals surface area contributed by atoms with E-state index in [2.05, 4.69) is 21.8 Å².